The first-order chi connectivity index (χ1) is 9.76. The van der Waals surface area contributed by atoms with E-state index in [0.29, 0.717) is 23.7 Å². The molecule has 0 aliphatic rings. The third-order valence-electron chi connectivity index (χ3n) is 3.32. The van der Waals surface area contributed by atoms with Crippen molar-refractivity contribution in [1.29, 1.82) is 0 Å². The summed E-state index contributed by atoms with van der Waals surface area (Å²) < 4.78 is 5.34. The predicted molar refractivity (Wildman–Crippen MR) is 75.7 cm³/mol. The number of hydrogen-bond acceptors (Lipinski definition) is 4. The van der Waals surface area contributed by atoms with Gasteiger partial charge >= 0.3 is 0 Å². The van der Waals surface area contributed by atoms with Crippen LogP contribution in [0.4, 0.5) is 0 Å². The average molecular weight is 273 g/mol. The Morgan fingerprint density at radius 2 is 2.05 bits per heavy atom. The van der Waals surface area contributed by atoms with Gasteiger partial charge in [0.2, 0.25) is 5.91 Å². The van der Waals surface area contributed by atoms with E-state index in [0.717, 1.165) is 12.8 Å². The van der Waals surface area contributed by atoms with Crippen LogP contribution in [0.2, 0.25) is 0 Å². The quantitative estimate of drug-likeness (QED) is 0.878. The molecule has 0 aromatic carbocycles. The molecule has 0 aliphatic carbocycles. The minimum atomic E-state index is 0.0544. The molecule has 1 N–H and O–H groups in total. The highest BCUT2D eigenvalue weighted by atomic mass is 16.3. The highest BCUT2D eigenvalue weighted by Gasteiger charge is 2.16. The number of amides is 1. The van der Waals surface area contributed by atoms with E-state index in [2.05, 4.69) is 15.3 Å². The first kappa shape index (κ1) is 14.2. The predicted octanol–water partition coefficient (Wildman–Crippen LogP) is 2.79. The van der Waals surface area contributed by atoms with Gasteiger partial charge in [-0.15, -0.1) is 0 Å². The zero-order valence-corrected chi connectivity index (χ0v) is 11.8. The first-order valence-corrected chi connectivity index (χ1v) is 6.87. The summed E-state index contributed by atoms with van der Waals surface area (Å²) in [6, 6.07) is 3.63. The fourth-order valence-corrected chi connectivity index (χ4v) is 2.09. The van der Waals surface area contributed by atoms with Gasteiger partial charge in [0.05, 0.1) is 18.5 Å². The van der Waals surface area contributed by atoms with E-state index in [1.807, 2.05) is 19.9 Å². The maximum Gasteiger partial charge on any atom is 0.223 e. The highest BCUT2D eigenvalue weighted by Crippen LogP contribution is 2.20. The van der Waals surface area contributed by atoms with Crippen LogP contribution in [0.5, 0.6) is 0 Å². The molecule has 0 bridgehead atoms. The topological polar surface area (TPSA) is 68.0 Å². The Morgan fingerprint density at radius 1 is 1.30 bits per heavy atom. The normalized spacial score (nSPS) is 10.8. The van der Waals surface area contributed by atoms with Gasteiger partial charge in [-0.1, -0.05) is 13.8 Å². The Bertz CT molecular complexity index is 548. The number of carbonyl (C=O) groups is 1. The Kier molecular flexibility index (Phi) is 4.87. The van der Waals surface area contributed by atoms with Crippen LogP contribution in [0, 0.1) is 5.92 Å². The molecule has 2 aromatic rings. The molecule has 0 fully saturated rings. The Labute approximate surface area is 118 Å². The van der Waals surface area contributed by atoms with Gasteiger partial charge in [-0.3, -0.25) is 9.78 Å². The van der Waals surface area contributed by atoms with Gasteiger partial charge < -0.3 is 9.73 Å². The molecular weight excluding hydrogens is 254 g/mol. The lowest BCUT2D eigenvalue weighted by Gasteiger charge is -2.13. The third kappa shape index (κ3) is 3.23. The van der Waals surface area contributed by atoms with E-state index < -0.39 is 0 Å². The fraction of sp³-hybridized carbons (Fsp3) is 0.400. The van der Waals surface area contributed by atoms with Crippen LogP contribution in [-0.4, -0.2) is 15.9 Å². The average Bonchev–Trinajstić information content (AvgIpc) is 3.01. The molecule has 0 atom stereocenters. The first-order valence-electron chi connectivity index (χ1n) is 6.87. The molecule has 5 heteroatoms. The van der Waals surface area contributed by atoms with Crippen molar-refractivity contribution in [2.45, 2.75) is 33.2 Å². The maximum absolute atomic E-state index is 12.0. The van der Waals surface area contributed by atoms with Crippen molar-refractivity contribution in [3.05, 3.63) is 36.5 Å². The minimum absolute atomic E-state index is 0.0544. The van der Waals surface area contributed by atoms with Gasteiger partial charge in [0, 0.05) is 18.3 Å². The second-order valence-electron chi connectivity index (χ2n) is 4.56. The monoisotopic (exact) mass is 273 g/mol. The van der Waals surface area contributed by atoms with E-state index in [-0.39, 0.29) is 11.8 Å². The zero-order valence-electron chi connectivity index (χ0n) is 11.8. The van der Waals surface area contributed by atoms with Crippen molar-refractivity contribution in [3.8, 4) is 11.5 Å². The van der Waals surface area contributed by atoms with E-state index >= 15 is 0 Å². The third-order valence-corrected chi connectivity index (χ3v) is 3.32. The summed E-state index contributed by atoms with van der Waals surface area (Å²) in [6.07, 6.45) is 6.51. The SMILES string of the molecule is CCC(CC)C(=O)NCc1nccnc1-c1ccco1. The molecule has 1 amide bonds. The van der Waals surface area contributed by atoms with Gasteiger partial charge in [-0.05, 0) is 25.0 Å². The van der Waals surface area contributed by atoms with Crippen molar-refractivity contribution in [3.63, 3.8) is 0 Å². The Hall–Kier alpha value is -2.17. The lowest BCUT2D eigenvalue weighted by atomic mass is 10.0. The molecule has 5 nitrogen and oxygen atoms in total. The van der Waals surface area contributed by atoms with Gasteiger partial charge in [-0.25, -0.2) is 4.98 Å². The molecule has 0 spiro atoms. The largest absolute Gasteiger partial charge is 0.463 e. The number of furan rings is 1. The highest BCUT2D eigenvalue weighted by molar-refractivity contribution is 5.78. The molecule has 20 heavy (non-hydrogen) atoms. The van der Waals surface area contributed by atoms with E-state index in [1.165, 1.54) is 0 Å². The van der Waals surface area contributed by atoms with E-state index in [9.17, 15) is 4.79 Å². The molecule has 0 saturated carbocycles. The molecule has 2 rings (SSSR count). The number of hydrogen-bond donors (Lipinski definition) is 1. The maximum atomic E-state index is 12.0. The van der Waals surface area contributed by atoms with Crippen LogP contribution >= 0.6 is 0 Å². The Morgan fingerprint density at radius 3 is 2.70 bits per heavy atom. The van der Waals surface area contributed by atoms with Crippen molar-refractivity contribution in [2.75, 3.05) is 0 Å². The molecule has 2 heterocycles. The van der Waals surface area contributed by atoms with Crippen LogP contribution in [-0.2, 0) is 11.3 Å². The van der Waals surface area contributed by atoms with Gasteiger partial charge in [0.25, 0.3) is 0 Å². The number of nitrogens with one attached hydrogen (secondary N) is 1. The number of carbonyl (C=O) groups excluding carboxylic acids is 1. The zero-order chi connectivity index (χ0) is 14.4. The summed E-state index contributed by atoms with van der Waals surface area (Å²) in [5.41, 5.74) is 1.38. The molecule has 106 valence electrons. The number of nitrogens with zero attached hydrogens (tertiary/aromatic N) is 2. The number of aromatic nitrogens is 2. The van der Waals surface area contributed by atoms with Crippen LogP contribution < -0.4 is 5.32 Å². The molecule has 0 radical (unpaired) electrons. The van der Waals surface area contributed by atoms with Crippen molar-refractivity contribution >= 4 is 5.91 Å². The van der Waals surface area contributed by atoms with Crippen LogP contribution in [0.15, 0.2) is 35.2 Å². The van der Waals surface area contributed by atoms with Crippen molar-refractivity contribution in [1.82, 2.24) is 15.3 Å². The fourth-order valence-electron chi connectivity index (χ4n) is 2.09. The molecule has 0 saturated heterocycles. The van der Waals surface area contributed by atoms with Crippen LogP contribution in [0.1, 0.15) is 32.4 Å². The van der Waals surface area contributed by atoms with Gasteiger partial charge in [-0.2, -0.15) is 0 Å². The second kappa shape index (κ2) is 6.84. The molecule has 0 aliphatic heterocycles. The van der Waals surface area contributed by atoms with Gasteiger partial charge in [0.1, 0.15) is 5.69 Å². The summed E-state index contributed by atoms with van der Waals surface area (Å²) >= 11 is 0. The lowest BCUT2D eigenvalue weighted by molar-refractivity contribution is -0.125. The summed E-state index contributed by atoms with van der Waals surface area (Å²) in [4.78, 5) is 20.6. The molecule has 0 unspecified atom stereocenters. The Balaban J connectivity index is 2.09. The standard InChI is InChI=1S/C15H19N3O2/c1-3-11(4-2)15(19)18-10-12-14(17-8-7-16-12)13-6-5-9-20-13/h5-9,11H,3-4,10H2,1-2H3,(H,18,19). The van der Waals surface area contributed by atoms with E-state index in [1.54, 1.807) is 24.7 Å². The van der Waals surface area contributed by atoms with Gasteiger partial charge in [0.15, 0.2) is 5.76 Å². The number of rotatable bonds is 6. The van der Waals surface area contributed by atoms with Crippen LogP contribution in [0.25, 0.3) is 11.5 Å². The molecule has 2 aromatic heterocycles. The summed E-state index contributed by atoms with van der Waals surface area (Å²) in [6.45, 7) is 4.40. The van der Waals surface area contributed by atoms with Crippen LogP contribution in [0.3, 0.4) is 0 Å². The smallest absolute Gasteiger partial charge is 0.223 e. The summed E-state index contributed by atoms with van der Waals surface area (Å²) in [5.74, 6) is 0.773. The van der Waals surface area contributed by atoms with Crippen molar-refractivity contribution < 1.29 is 9.21 Å². The van der Waals surface area contributed by atoms with Crippen molar-refractivity contribution in [2.24, 2.45) is 5.92 Å². The minimum Gasteiger partial charge on any atom is -0.463 e. The molecular formula is C15H19N3O2. The summed E-state index contributed by atoms with van der Waals surface area (Å²) in [5, 5.41) is 2.92. The lowest BCUT2D eigenvalue weighted by Crippen LogP contribution is -2.30. The summed E-state index contributed by atoms with van der Waals surface area (Å²) in [7, 11) is 0. The second-order valence-corrected chi connectivity index (χ2v) is 4.56. The van der Waals surface area contributed by atoms with E-state index in [4.69, 9.17) is 4.42 Å².